The number of benzene rings is 1. The molecule has 0 unspecified atom stereocenters. The fourth-order valence-electron chi connectivity index (χ4n) is 2.79. The van der Waals surface area contributed by atoms with E-state index in [0.29, 0.717) is 29.7 Å². The Bertz CT molecular complexity index is 760. The number of aromatic nitrogens is 1. The van der Waals surface area contributed by atoms with E-state index in [9.17, 15) is 4.79 Å². The van der Waals surface area contributed by atoms with Crippen LogP contribution in [0.1, 0.15) is 11.3 Å². The first-order valence-electron chi connectivity index (χ1n) is 8.18. The van der Waals surface area contributed by atoms with Gasteiger partial charge >= 0.3 is 6.03 Å². The molecule has 1 N–H and O–H groups in total. The highest BCUT2D eigenvalue weighted by Gasteiger charge is 2.21. The molecule has 7 heteroatoms. The van der Waals surface area contributed by atoms with Crippen molar-refractivity contribution in [1.82, 2.24) is 15.2 Å². The van der Waals surface area contributed by atoms with Gasteiger partial charge in [0, 0.05) is 48.5 Å². The lowest BCUT2D eigenvalue weighted by atomic mass is 10.2. The molecule has 0 aliphatic carbocycles. The van der Waals surface area contributed by atoms with Gasteiger partial charge in [-0.1, -0.05) is 35.3 Å². The molecule has 2 aromatic rings. The van der Waals surface area contributed by atoms with Crippen molar-refractivity contribution in [2.75, 3.05) is 31.1 Å². The number of piperazine rings is 1. The normalized spacial score (nSPS) is 14.5. The number of halogens is 2. The van der Waals surface area contributed by atoms with Crippen LogP contribution >= 0.6 is 23.2 Å². The van der Waals surface area contributed by atoms with Gasteiger partial charge in [-0.2, -0.15) is 0 Å². The molecule has 25 heavy (non-hydrogen) atoms. The van der Waals surface area contributed by atoms with Crippen LogP contribution in [0, 0.1) is 6.92 Å². The van der Waals surface area contributed by atoms with Crippen LogP contribution in [-0.4, -0.2) is 42.1 Å². The third-order valence-corrected chi connectivity index (χ3v) is 4.80. The minimum absolute atomic E-state index is 0.0807. The minimum atomic E-state index is -0.0807. The fourth-order valence-corrected chi connectivity index (χ4v) is 3.27. The molecule has 132 valence electrons. The molecule has 0 bridgehead atoms. The summed E-state index contributed by atoms with van der Waals surface area (Å²) in [6.45, 7) is 5.23. The number of carbonyl (C=O) groups excluding carboxylic acids is 1. The molecule has 1 saturated heterocycles. The summed E-state index contributed by atoms with van der Waals surface area (Å²) in [6.07, 6.45) is 0. The maximum atomic E-state index is 12.4. The van der Waals surface area contributed by atoms with Gasteiger partial charge in [0.05, 0.1) is 0 Å². The Morgan fingerprint density at radius 2 is 1.92 bits per heavy atom. The Kier molecular flexibility index (Phi) is 5.66. The van der Waals surface area contributed by atoms with Gasteiger partial charge in [-0.3, -0.25) is 0 Å². The zero-order chi connectivity index (χ0) is 17.8. The molecule has 2 heterocycles. The second-order valence-electron chi connectivity index (χ2n) is 6.01. The highest BCUT2D eigenvalue weighted by atomic mass is 35.5. The number of hydrogen-bond acceptors (Lipinski definition) is 3. The lowest BCUT2D eigenvalue weighted by Crippen LogP contribution is -2.51. The van der Waals surface area contributed by atoms with Crippen LogP contribution in [0.5, 0.6) is 0 Å². The van der Waals surface area contributed by atoms with Crippen LogP contribution in [-0.2, 0) is 6.54 Å². The summed E-state index contributed by atoms with van der Waals surface area (Å²) in [7, 11) is 0. The number of aryl methyl sites for hydroxylation is 1. The molecule has 1 aliphatic rings. The van der Waals surface area contributed by atoms with Crippen molar-refractivity contribution < 1.29 is 4.79 Å². The standard InChI is InChI=1S/C18H20Cl2N4O/c1-13-3-2-4-17(22-13)23-7-9-24(10-8-23)18(25)21-12-14-5-6-15(19)11-16(14)20/h2-6,11H,7-10,12H2,1H3,(H,21,25). The smallest absolute Gasteiger partial charge is 0.317 e. The number of anilines is 1. The number of carbonyl (C=O) groups is 1. The van der Waals surface area contributed by atoms with E-state index in [0.717, 1.165) is 30.2 Å². The lowest BCUT2D eigenvalue weighted by molar-refractivity contribution is 0.194. The molecule has 5 nitrogen and oxygen atoms in total. The highest BCUT2D eigenvalue weighted by molar-refractivity contribution is 6.35. The molecule has 2 amide bonds. The van der Waals surface area contributed by atoms with E-state index in [-0.39, 0.29) is 6.03 Å². The topological polar surface area (TPSA) is 48.5 Å². The van der Waals surface area contributed by atoms with Crippen molar-refractivity contribution in [3.63, 3.8) is 0 Å². The number of rotatable bonds is 3. The first-order valence-corrected chi connectivity index (χ1v) is 8.94. The summed E-state index contributed by atoms with van der Waals surface area (Å²) in [5.74, 6) is 0.966. The van der Waals surface area contributed by atoms with Crippen molar-refractivity contribution in [3.05, 3.63) is 57.7 Å². The monoisotopic (exact) mass is 378 g/mol. The van der Waals surface area contributed by atoms with E-state index in [4.69, 9.17) is 23.2 Å². The van der Waals surface area contributed by atoms with Gasteiger partial charge in [0.15, 0.2) is 0 Å². The maximum absolute atomic E-state index is 12.4. The first-order chi connectivity index (χ1) is 12.0. The van der Waals surface area contributed by atoms with E-state index in [1.165, 1.54) is 0 Å². The maximum Gasteiger partial charge on any atom is 0.317 e. The molecule has 1 aliphatic heterocycles. The van der Waals surface area contributed by atoms with Gasteiger partial charge in [-0.15, -0.1) is 0 Å². The Hall–Kier alpha value is -1.98. The van der Waals surface area contributed by atoms with Crippen LogP contribution in [0.25, 0.3) is 0 Å². The van der Waals surface area contributed by atoms with E-state index >= 15 is 0 Å². The predicted octanol–water partition coefficient (Wildman–Crippen LogP) is 3.73. The summed E-state index contributed by atoms with van der Waals surface area (Å²) in [5, 5.41) is 4.06. The van der Waals surface area contributed by atoms with E-state index in [1.807, 2.05) is 36.1 Å². The average Bonchev–Trinajstić information content (AvgIpc) is 2.61. The van der Waals surface area contributed by atoms with Crippen molar-refractivity contribution >= 4 is 35.1 Å². The number of pyridine rings is 1. The molecule has 0 saturated carbocycles. The second-order valence-corrected chi connectivity index (χ2v) is 6.85. The van der Waals surface area contributed by atoms with Gasteiger partial charge in [0.25, 0.3) is 0 Å². The summed E-state index contributed by atoms with van der Waals surface area (Å²) in [6, 6.07) is 11.2. The van der Waals surface area contributed by atoms with Crippen LogP contribution in [0.2, 0.25) is 10.0 Å². The molecule has 3 rings (SSSR count). The highest BCUT2D eigenvalue weighted by Crippen LogP contribution is 2.21. The van der Waals surface area contributed by atoms with Gasteiger partial charge in [-0.05, 0) is 36.8 Å². The third kappa shape index (κ3) is 4.55. The summed E-state index contributed by atoms with van der Waals surface area (Å²) < 4.78 is 0. The van der Waals surface area contributed by atoms with Crippen LogP contribution in [0.15, 0.2) is 36.4 Å². The number of hydrogen-bond donors (Lipinski definition) is 1. The Labute approximate surface area is 157 Å². The minimum Gasteiger partial charge on any atom is -0.353 e. The van der Waals surface area contributed by atoms with Crippen molar-refractivity contribution in [2.45, 2.75) is 13.5 Å². The van der Waals surface area contributed by atoms with Crippen molar-refractivity contribution in [1.29, 1.82) is 0 Å². The van der Waals surface area contributed by atoms with Crippen molar-refractivity contribution in [2.24, 2.45) is 0 Å². The quantitative estimate of drug-likeness (QED) is 0.884. The number of urea groups is 1. The average molecular weight is 379 g/mol. The molecule has 0 spiro atoms. The Morgan fingerprint density at radius 1 is 1.16 bits per heavy atom. The summed E-state index contributed by atoms with van der Waals surface area (Å²) in [4.78, 5) is 20.9. The van der Waals surface area contributed by atoms with Crippen LogP contribution in [0.3, 0.4) is 0 Å². The van der Waals surface area contributed by atoms with E-state index in [1.54, 1.807) is 12.1 Å². The van der Waals surface area contributed by atoms with E-state index < -0.39 is 0 Å². The number of amides is 2. The van der Waals surface area contributed by atoms with Crippen molar-refractivity contribution in [3.8, 4) is 0 Å². The largest absolute Gasteiger partial charge is 0.353 e. The number of nitrogens with one attached hydrogen (secondary N) is 1. The molecule has 1 aromatic carbocycles. The lowest BCUT2D eigenvalue weighted by Gasteiger charge is -2.35. The van der Waals surface area contributed by atoms with Gasteiger partial charge in [0.2, 0.25) is 0 Å². The number of nitrogens with zero attached hydrogens (tertiary/aromatic N) is 3. The van der Waals surface area contributed by atoms with E-state index in [2.05, 4.69) is 15.2 Å². The van der Waals surface area contributed by atoms with Gasteiger partial charge in [0.1, 0.15) is 5.82 Å². The predicted molar refractivity (Wildman–Crippen MR) is 101 cm³/mol. The SMILES string of the molecule is Cc1cccc(N2CCN(C(=O)NCc3ccc(Cl)cc3Cl)CC2)n1. The molecule has 1 fully saturated rings. The Balaban J connectivity index is 1.51. The molecular weight excluding hydrogens is 359 g/mol. The zero-order valence-corrected chi connectivity index (χ0v) is 15.5. The fraction of sp³-hybridized carbons (Fsp3) is 0.333. The molecule has 0 atom stereocenters. The van der Waals surface area contributed by atoms with Crippen LogP contribution in [0.4, 0.5) is 10.6 Å². The van der Waals surface area contributed by atoms with Gasteiger partial charge < -0.3 is 15.1 Å². The second kappa shape index (κ2) is 7.93. The summed E-state index contributed by atoms with van der Waals surface area (Å²) >= 11 is 12.0. The first kappa shape index (κ1) is 17.8. The molecule has 1 aromatic heterocycles. The molecular formula is C18H20Cl2N4O. The zero-order valence-electron chi connectivity index (χ0n) is 14.0. The Morgan fingerprint density at radius 3 is 2.60 bits per heavy atom. The van der Waals surface area contributed by atoms with Gasteiger partial charge in [-0.25, -0.2) is 9.78 Å². The third-order valence-electron chi connectivity index (χ3n) is 4.21. The van der Waals surface area contributed by atoms with Crippen LogP contribution < -0.4 is 10.2 Å². The summed E-state index contributed by atoms with van der Waals surface area (Å²) in [5.41, 5.74) is 1.85. The molecule has 0 radical (unpaired) electrons.